The number of halogens is 1. The number of hydrogen-bond acceptors (Lipinski definition) is 6. The highest BCUT2D eigenvalue weighted by Gasteiger charge is 2.36. The van der Waals surface area contributed by atoms with E-state index >= 15 is 0 Å². The molecular formula is C27H28BrN3O7. The molecule has 0 radical (unpaired) electrons. The maximum Gasteiger partial charge on any atom is 0.405 e. The SMILES string of the molecule is COc1ccc2cc(Br)ccc2c1CN1C(=O)[C@@H](NC(=O)[C@@H](NC(=O)O)[C@@H](C)O)COc2cc(C)ccc21. The fourth-order valence-electron chi connectivity index (χ4n) is 4.43. The molecule has 0 saturated heterocycles. The van der Waals surface area contributed by atoms with Gasteiger partial charge in [-0.25, -0.2) is 4.79 Å². The molecule has 0 saturated carbocycles. The highest BCUT2D eigenvalue weighted by molar-refractivity contribution is 9.10. The number of methoxy groups -OCH3 is 1. The van der Waals surface area contributed by atoms with Gasteiger partial charge >= 0.3 is 6.09 Å². The van der Waals surface area contributed by atoms with Crippen molar-refractivity contribution in [2.24, 2.45) is 0 Å². The minimum absolute atomic E-state index is 0.111. The Bertz CT molecular complexity index is 1390. The Balaban J connectivity index is 1.75. The quantitative estimate of drug-likeness (QED) is 0.333. The number of nitrogens with zero attached hydrogens (tertiary/aromatic N) is 1. The van der Waals surface area contributed by atoms with Crippen LogP contribution in [0.3, 0.4) is 0 Å². The summed E-state index contributed by atoms with van der Waals surface area (Å²) in [5.41, 5.74) is 2.20. The molecular weight excluding hydrogens is 558 g/mol. The lowest BCUT2D eigenvalue weighted by molar-refractivity contribution is -0.130. The third kappa shape index (κ3) is 5.68. The van der Waals surface area contributed by atoms with Gasteiger partial charge in [0.15, 0.2) is 0 Å². The van der Waals surface area contributed by atoms with Crippen molar-refractivity contribution in [1.29, 1.82) is 0 Å². The van der Waals surface area contributed by atoms with E-state index in [0.29, 0.717) is 17.2 Å². The molecule has 0 unspecified atom stereocenters. The van der Waals surface area contributed by atoms with Gasteiger partial charge in [-0.1, -0.05) is 34.1 Å². The zero-order valence-electron chi connectivity index (χ0n) is 21.0. The summed E-state index contributed by atoms with van der Waals surface area (Å²) in [5, 5.41) is 25.4. The monoisotopic (exact) mass is 585 g/mol. The summed E-state index contributed by atoms with van der Waals surface area (Å²) < 4.78 is 12.5. The Kier molecular flexibility index (Phi) is 8.08. The summed E-state index contributed by atoms with van der Waals surface area (Å²) >= 11 is 3.49. The number of ether oxygens (including phenoxy) is 2. The lowest BCUT2D eigenvalue weighted by atomic mass is 10.0. The lowest BCUT2D eigenvalue weighted by Crippen LogP contribution is -2.58. The van der Waals surface area contributed by atoms with Crippen LogP contribution in [-0.4, -0.2) is 60.0 Å². The standard InChI is InChI=1S/C27H28BrN3O7/c1-14-4-8-21-23(10-14)38-13-20(29-25(33)24(15(2)32)30-27(35)36)26(34)31(21)12-19-18-7-6-17(28)11-16(18)5-9-22(19)37-3/h4-11,15,20,24,30,32H,12-13H2,1-3H3,(H,29,33)(H,35,36)/t15-,20+,24+/m1/s1. The Morgan fingerprint density at radius 1 is 1.21 bits per heavy atom. The van der Waals surface area contributed by atoms with Crippen LogP contribution in [0, 0.1) is 6.92 Å². The molecule has 10 nitrogen and oxygen atoms in total. The van der Waals surface area contributed by atoms with Gasteiger partial charge in [0, 0.05) is 10.0 Å². The Morgan fingerprint density at radius 3 is 2.66 bits per heavy atom. The van der Waals surface area contributed by atoms with Crippen LogP contribution in [0.15, 0.2) is 53.0 Å². The summed E-state index contributed by atoms with van der Waals surface area (Å²) in [6.07, 6.45) is -2.81. The topological polar surface area (TPSA) is 137 Å². The van der Waals surface area contributed by atoms with Crippen molar-refractivity contribution in [3.63, 3.8) is 0 Å². The molecule has 3 aromatic carbocycles. The number of amides is 3. The summed E-state index contributed by atoms with van der Waals surface area (Å²) in [4.78, 5) is 39.5. The van der Waals surface area contributed by atoms with Crippen LogP contribution < -0.4 is 25.0 Å². The van der Waals surface area contributed by atoms with Crippen molar-refractivity contribution in [2.75, 3.05) is 18.6 Å². The molecule has 0 spiro atoms. The molecule has 3 atom stereocenters. The predicted molar refractivity (Wildman–Crippen MR) is 145 cm³/mol. The Hall–Kier alpha value is -3.83. The summed E-state index contributed by atoms with van der Waals surface area (Å²) in [7, 11) is 1.56. The second-order valence-corrected chi connectivity index (χ2v) is 9.96. The number of carbonyl (C=O) groups is 3. The van der Waals surface area contributed by atoms with Crippen LogP contribution in [0.2, 0.25) is 0 Å². The van der Waals surface area contributed by atoms with Crippen molar-refractivity contribution >= 4 is 50.3 Å². The van der Waals surface area contributed by atoms with Gasteiger partial charge in [-0.15, -0.1) is 0 Å². The van der Waals surface area contributed by atoms with Gasteiger partial charge in [0.05, 0.1) is 25.4 Å². The summed E-state index contributed by atoms with van der Waals surface area (Å²) in [6, 6.07) is 12.4. The fourth-order valence-corrected chi connectivity index (χ4v) is 4.81. The average Bonchev–Trinajstić information content (AvgIpc) is 2.98. The second kappa shape index (κ2) is 11.3. The molecule has 1 aliphatic rings. The minimum Gasteiger partial charge on any atom is -0.496 e. The zero-order chi connectivity index (χ0) is 27.6. The van der Waals surface area contributed by atoms with Gasteiger partial charge in [0.1, 0.15) is 30.2 Å². The van der Waals surface area contributed by atoms with Crippen LogP contribution in [-0.2, 0) is 16.1 Å². The fraction of sp³-hybridized carbons (Fsp3) is 0.296. The number of fused-ring (bicyclic) bond motifs is 2. The highest BCUT2D eigenvalue weighted by atomic mass is 79.9. The molecule has 200 valence electrons. The predicted octanol–water partition coefficient (Wildman–Crippen LogP) is 3.35. The number of anilines is 1. The first kappa shape index (κ1) is 27.2. The number of aliphatic hydroxyl groups excluding tert-OH is 1. The van der Waals surface area contributed by atoms with Gasteiger partial charge in [-0.2, -0.15) is 0 Å². The molecule has 1 aliphatic heterocycles. The van der Waals surface area contributed by atoms with E-state index in [1.165, 1.54) is 11.8 Å². The molecule has 4 rings (SSSR count). The minimum atomic E-state index is -1.48. The third-order valence-corrected chi connectivity index (χ3v) is 6.82. The summed E-state index contributed by atoms with van der Waals surface area (Å²) in [5.74, 6) is -0.254. The molecule has 3 amide bonds. The average molecular weight is 586 g/mol. The molecule has 4 N–H and O–H groups in total. The van der Waals surface area contributed by atoms with E-state index in [1.807, 2.05) is 54.7 Å². The molecule has 1 heterocycles. The van der Waals surface area contributed by atoms with E-state index in [1.54, 1.807) is 13.2 Å². The van der Waals surface area contributed by atoms with Crippen molar-refractivity contribution in [3.8, 4) is 11.5 Å². The number of nitrogens with one attached hydrogen (secondary N) is 2. The number of carboxylic acid groups (broad SMARTS) is 1. The maximum absolute atomic E-state index is 13.9. The highest BCUT2D eigenvalue weighted by Crippen LogP contribution is 2.37. The molecule has 0 aromatic heterocycles. The molecule has 11 heteroatoms. The largest absolute Gasteiger partial charge is 0.496 e. The first-order valence-electron chi connectivity index (χ1n) is 11.9. The van der Waals surface area contributed by atoms with Crippen molar-refractivity contribution in [1.82, 2.24) is 10.6 Å². The first-order chi connectivity index (χ1) is 18.1. The smallest absolute Gasteiger partial charge is 0.405 e. The van der Waals surface area contributed by atoms with E-state index in [2.05, 4.69) is 21.2 Å². The van der Waals surface area contributed by atoms with Crippen molar-refractivity contribution in [2.45, 2.75) is 38.6 Å². The normalized spacial score (nSPS) is 16.6. The Morgan fingerprint density at radius 2 is 1.97 bits per heavy atom. The Labute approximate surface area is 227 Å². The second-order valence-electron chi connectivity index (χ2n) is 9.05. The van der Waals surface area contributed by atoms with E-state index < -0.39 is 36.1 Å². The molecule has 3 aromatic rings. The zero-order valence-corrected chi connectivity index (χ0v) is 22.6. The van der Waals surface area contributed by atoms with Gasteiger partial charge < -0.3 is 35.2 Å². The van der Waals surface area contributed by atoms with Crippen molar-refractivity contribution in [3.05, 3.63) is 64.1 Å². The van der Waals surface area contributed by atoms with E-state index in [-0.39, 0.29) is 13.2 Å². The maximum atomic E-state index is 13.9. The van der Waals surface area contributed by atoms with Gasteiger partial charge in [0.25, 0.3) is 5.91 Å². The third-order valence-electron chi connectivity index (χ3n) is 6.32. The van der Waals surface area contributed by atoms with Crippen LogP contribution in [0.5, 0.6) is 11.5 Å². The number of hydrogen-bond donors (Lipinski definition) is 4. The number of carbonyl (C=O) groups excluding carboxylic acids is 2. The van der Waals surface area contributed by atoms with E-state index in [4.69, 9.17) is 14.6 Å². The molecule has 0 fully saturated rings. The van der Waals surface area contributed by atoms with Crippen LogP contribution in [0.1, 0.15) is 18.1 Å². The lowest BCUT2D eigenvalue weighted by Gasteiger charge is -2.27. The van der Waals surface area contributed by atoms with Gasteiger partial charge in [-0.05, 0) is 60.5 Å². The van der Waals surface area contributed by atoms with Crippen LogP contribution >= 0.6 is 15.9 Å². The molecule has 0 bridgehead atoms. The number of aryl methyl sites for hydroxylation is 1. The van der Waals surface area contributed by atoms with E-state index in [0.717, 1.165) is 26.4 Å². The van der Waals surface area contributed by atoms with E-state index in [9.17, 15) is 19.5 Å². The van der Waals surface area contributed by atoms with Gasteiger partial charge in [-0.3, -0.25) is 9.59 Å². The number of benzene rings is 3. The molecule has 0 aliphatic carbocycles. The first-order valence-corrected chi connectivity index (χ1v) is 12.7. The van der Waals surface area contributed by atoms with Crippen molar-refractivity contribution < 1.29 is 34.1 Å². The number of aliphatic hydroxyl groups is 1. The number of rotatable bonds is 7. The van der Waals surface area contributed by atoms with Gasteiger partial charge in [0.2, 0.25) is 5.91 Å². The summed E-state index contributed by atoms with van der Waals surface area (Å²) in [6.45, 7) is 3.11. The van der Waals surface area contributed by atoms with Crippen LogP contribution in [0.4, 0.5) is 10.5 Å². The van der Waals surface area contributed by atoms with Crippen LogP contribution in [0.25, 0.3) is 10.8 Å². The molecule has 38 heavy (non-hydrogen) atoms.